The van der Waals surface area contributed by atoms with Crippen molar-refractivity contribution in [2.45, 2.75) is 6.61 Å². The summed E-state index contributed by atoms with van der Waals surface area (Å²) in [6, 6.07) is 9.05. The molecule has 3 aromatic heterocycles. The molecule has 0 radical (unpaired) electrons. The minimum atomic E-state index is -0.407. The molecule has 0 atom stereocenters. The summed E-state index contributed by atoms with van der Waals surface area (Å²) < 4.78 is 7.15. The maximum absolute atomic E-state index is 12.3. The number of hydrogen-bond acceptors (Lipinski definition) is 5. The number of aromatic nitrogens is 5. The van der Waals surface area contributed by atoms with Crippen LogP contribution >= 0.6 is 0 Å². The normalized spacial score (nSPS) is 10.8. The minimum Gasteiger partial charge on any atom is -0.457 e. The van der Waals surface area contributed by atoms with Crippen LogP contribution in [0.3, 0.4) is 0 Å². The summed E-state index contributed by atoms with van der Waals surface area (Å²) in [6.07, 6.45) is 8.34. The number of pyridine rings is 1. The predicted molar refractivity (Wildman–Crippen MR) is 86.6 cm³/mol. The van der Waals surface area contributed by atoms with Gasteiger partial charge in [0.05, 0.1) is 17.3 Å². The van der Waals surface area contributed by atoms with Gasteiger partial charge in [-0.3, -0.25) is 9.67 Å². The Balaban J connectivity index is 1.52. The van der Waals surface area contributed by atoms with Gasteiger partial charge in [-0.25, -0.2) is 14.8 Å². The Bertz CT molecular complexity index is 991. The van der Waals surface area contributed by atoms with Gasteiger partial charge in [-0.05, 0) is 12.1 Å². The van der Waals surface area contributed by atoms with E-state index in [-0.39, 0.29) is 6.61 Å². The van der Waals surface area contributed by atoms with Crippen molar-refractivity contribution in [3.05, 3.63) is 72.6 Å². The lowest BCUT2D eigenvalue weighted by molar-refractivity contribution is 0.0474. The number of benzene rings is 1. The molecule has 7 nitrogen and oxygen atoms in total. The van der Waals surface area contributed by atoms with Gasteiger partial charge in [0.25, 0.3) is 0 Å². The zero-order chi connectivity index (χ0) is 16.4. The fraction of sp³-hybridized carbons (Fsp3) is 0.0588. The molecule has 118 valence electrons. The van der Waals surface area contributed by atoms with Crippen LogP contribution in [0.1, 0.15) is 15.9 Å². The number of H-pyrrole nitrogens is 1. The molecule has 0 spiro atoms. The Morgan fingerprint density at radius 1 is 1.25 bits per heavy atom. The van der Waals surface area contributed by atoms with Crippen LogP contribution < -0.4 is 0 Å². The van der Waals surface area contributed by atoms with Gasteiger partial charge in [-0.1, -0.05) is 18.2 Å². The van der Waals surface area contributed by atoms with Crippen molar-refractivity contribution in [2.24, 2.45) is 0 Å². The molecule has 0 saturated carbocycles. The number of nitrogens with one attached hydrogen (secondary N) is 1. The number of carbonyl (C=O) groups excluding carboxylic acids is 1. The van der Waals surface area contributed by atoms with Gasteiger partial charge in [-0.2, -0.15) is 5.10 Å². The molecule has 0 aliphatic rings. The van der Waals surface area contributed by atoms with Crippen LogP contribution in [0.4, 0.5) is 0 Å². The standard InChI is InChI=1S/C17H13N5O2/c23-17(12-4-5-19-15(8-12)22-7-6-18-11-22)24-10-14-3-1-2-13-9-20-21-16(13)14/h1-9,11H,10H2,(H,20,21). The highest BCUT2D eigenvalue weighted by Crippen LogP contribution is 2.17. The smallest absolute Gasteiger partial charge is 0.338 e. The van der Waals surface area contributed by atoms with E-state index in [1.807, 2.05) is 18.2 Å². The second kappa shape index (κ2) is 5.96. The maximum Gasteiger partial charge on any atom is 0.338 e. The van der Waals surface area contributed by atoms with Gasteiger partial charge in [0.2, 0.25) is 0 Å². The molecule has 0 aliphatic heterocycles. The predicted octanol–water partition coefficient (Wildman–Crippen LogP) is 2.50. The number of imidazole rings is 1. The van der Waals surface area contributed by atoms with E-state index in [1.54, 1.807) is 47.8 Å². The summed E-state index contributed by atoms with van der Waals surface area (Å²) in [5, 5.41) is 7.90. The van der Waals surface area contributed by atoms with Gasteiger partial charge in [0, 0.05) is 29.5 Å². The Labute approximate surface area is 136 Å². The molecule has 4 aromatic rings. The highest BCUT2D eigenvalue weighted by Gasteiger charge is 2.11. The first kappa shape index (κ1) is 14.1. The molecule has 3 heterocycles. The zero-order valence-corrected chi connectivity index (χ0v) is 12.6. The molecule has 0 aliphatic carbocycles. The van der Waals surface area contributed by atoms with Crippen LogP contribution in [0.2, 0.25) is 0 Å². The summed E-state index contributed by atoms with van der Waals surface area (Å²) in [5.41, 5.74) is 2.19. The Morgan fingerprint density at radius 2 is 2.21 bits per heavy atom. The van der Waals surface area contributed by atoms with Crippen molar-refractivity contribution in [3.8, 4) is 5.82 Å². The molecular weight excluding hydrogens is 306 g/mol. The molecule has 4 rings (SSSR count). The van der Waals surface area contributed by atoms with Crippen molar-refractivity contribution in [1.82, 2.24) is 24.7 Å². The van der Waals surface area contributed by atoms with Crippen LogP contribution in [-0.4, -0.2) is 30.7 Å². The number of aromatic amines is 1. The van der Waals surface area contributed by atoms with E-state index in [9.17, 15) is 4.79 Å². The summed E-state index contributed by atoms with van der Waals surface area (Å²) >= 11 is 0. The average molecular weight is 319 g/mol. The van der Waals surface area contributed by atoms with Crippen molar-refractivity contribution in [3.63, 3.8) is 0 Å². The van der Waals surface area contributed by atoms with Gasteiger partial charge >= 0.3 is 5.97 Å². The topological polar surface area (TPSA) is 85.7 Å². The average Bonchev–Trinajstić information content (AvgIpc) is 3.31. The third-order valence-electron chi connectivity index (χ3n) is 3.67. The molecule has 0 bridgehead atoms. The van der Waals surface area contributed by atoms with Crippen molar-refractivity contribution >= 4 is 16.9 Å². The van der Waals surface area contributed by atoms with Crippen LogP contribution in [-0.2, 0) is 11.3 Å². The summed E-state index contributed by atoms with van der Waals surface area (Å²) in [5.74, 6) is 0.202. The third-order valence-corrected chi connectivity index (χ3v) is 3.67. The number of esters is 1. The Kier molecular flexibility index (Phi) is 3.51. The van der Waals surface area contributed by atoms with E-state index in [0.29, 0.717) is 11.4 Å². The molecule has 0 unspecified atom stereocenters. The number of rotatable bonds is 4. The second-order valence-corrected chi connectivity index (χ2v) is 5.20. The van der Waals surface area contributed by atoms with Crippen LogP contribution in [0.5, 0.6) is 0 Å². The minimum absolute atomic E-state index is 0.168. The molecule has 24 heavy (non-hydrogen) atoms. The molecule has 0 fully saturated rings. The monoisotopic (exact) mass is 319 g/mol. The number of ether oxygens (including phenoxy) is 1. The van der Waals surface area contributed by atoms with Crippen molar-refractivity contribution < 1.29 is 9.53 Å². The molecular formula is C17H13N5O2. The Morgan fingerprint density at radius 3 is 3.08 bits per heavy atom. The molecule has 7 heteroatoms. The molecule has 0 saturated heterocycles. The summed E-state index contributed by atoms with van der Waals surface area (Å²) in [6.45, 7) is 0.168. The second-order valence-electron chi connectivity index (χ2n) is 5.20. The van der Waals surface area contributed by atoms with Crippen molar-refractivity contribution in [1.29, 1.82) is 0 Å². The maximum atomic E-state index is 12.3. The third kappa shape index (κ3) is 2.63. The number of nitrogens with zero attached hydrogens (tertiary/aromatic N) is 4. The lowest BCUT2D eigenvalue weighted by Crippen LogP contribution is -2.07. The SMILES string of the molecule is O=C(OCc1cccc2cn[nH]c12)c1ccnc(-n2ccnc2)c1. The summed E-state index contributed by atoms with van der Waals surface area (Å²) in [4.78, 5) is 20.5. The number of carbonyl (C=O) groups is 1. The van der Waals surface area contributed by atoms with E-state index in [0.717, 1.165) is 16.5 Å². The highest BCUT2D eigenvalue weighted by molar-refractivity contribution is 5.90. The fourth-order valence-electron chi connectivity index (χ4n) is 2.46. The first-order chi connectivity index (χ1) is 11.8. The van der Waals surface area contributed by atoms with E-state index < -0.39 is 5.97 Å². The van der Waals surface area contributed by atoms with Crippen LogP contribution in [0.15, 0.2) is 61.4 Å². The highest BCUT2D eigenvalue weighted by atomic mass is 16.5. The quantitative estimate of drug-likeness (QED) is 0.584. The van der Waals surface area contributed by atoms with Gasteiger partial charge in [0.1, 0.15) is 18.8 Å². The fourth-order valence-corrected chi connectivity index (χ4v) is 2.46. The van der Waals surface area contributed by atoms with Crippen LogP contribution in [0.25, 0.3) is 16.7 Å². The first-order valence-electron chi connectivity index (χ1n) is 7.34. The number of fused-ring (bicyclic) bond motifs is 1. The van der Waals surface area contributed by atoms with Crippen LogP contribution in [0, 0.1) is 0 Å². The van der Waals surface area contributed by atoms with E-state index in [4.69, 9.17) is 4.74 Å². The van der Waals surface area contributed by atoms with Crippen molar-refractivity contribution in [2.75, 3.05) is 0 Å². The lowest BCUT2D eigenvalue weighted by Gasteiger charge is -2.07. The Hall–Kier alpha value is -3.48. The number of hydrogen-bond donors (Lipinski definition) is 1. The lowest BCUT2D eigenvalue weighted by atomic mass is 10.1. The van der Waals surface area contributed by atoms with E-state index >= 15 is 0 Å². The molecule has 1 aromatic carbocycles. The van der Waals surface area contributed by atoms with E-state index in [1.165, 1.54) is 0 Å². The molecule has 1 N–H and O–H groups in total. The van der Waals surface area contributed by atoms with E-state index in [2.05, 4.69) is 20.2 Å². The zero-order valence-electron chi connectivity index (χ0n) is 12.6. The molecule has 0 amide bonds. The van der Waals surface area contributed by atoms with Gasteiger partial charge in [0.15, 0.2) is 0 Å². The largest absolute Gasteiger partial charge is 0.457 e. The first-order valence-corrected chi connectivity index (χ1v) is 7.34. The summed E-state index contributed by atoms with van der Waals surface area (Å²) in [7, 11) is 0. The number of para-hydroxylation sites is 1. The van der Waals surface area contributed by atoms with Gasteiger partial charge in [-0.15, -0.1) is 0 Å². The van der Waals surface area contributed by atoms with Gasteiger partial charge < -0.3 is 4.74 Å².